The van der Waals surface area contributed by atoms with Crippen molar-refractivity contribution < 1.29 is 9.53 Å². The van der Waals surface area contributed by atoms with Crippen LogP contribution in [0, 0.1) is 0 Å². The van der Waals surface area contributed by atoms with E-state index in [1.54, 1.807) is 14.0 Å². The number of H-pyrrole nitrogens is 1. The normalized spacial score (nSPS) is 16.6. The fraction of sp³-hybridized carbons (Fsp3) is 0.286. The van der Waals surface area contributed by atoms with Gasteiger partial charge >= 0.3 is 0 Å². The smallest absolute Gasteiger partial charge is 0.159 e. The Balaban J connectivity index is 1.69. The highest BCUT2D eigenvalue weighted by Crippen LogP contribution is 2.32. The highest BCUT2D eigenvalue weighted by atomic mass is 16.5. The second-order valence-corrected chi connectivity index (χ2v) is 6.64. The first-order valence-corrected chi connectivity index (χ1v) is 8.67. The number of ketones is 1. The van der Waals surface area contributed by atoms with E-state index in [9.17, 15) is 4.79 Å². The van der Waals surface area contributed by atoms with E-state index < -0.39 is 0 Å². The van der Waals surface area contributed by atoms with Gasteiger partial charge in [0.15, 0.2) is 5.78 Å². The first-order chi connectivity index (χ1) is 12.2. The number of hydrogen-bond donors (Lipinski definition) is 2. The summed E-state index contributed by atoms with van der Waals surface area (Å²) >= 11 is 0. The predicted octanol–water partition coefficient (Wildman–Crippen LogP) is 3.81. The van der Waals surface area contributed by atoms with Crippen LogP contribution in [0.4, 0.5) is 0 Å². The third kappa shape index (κ3) is 2.94. The second-order valence-electron chi connectivity index (χ2n) is 6.64. The van der Waals surface area contributed by atoms with Crippen molar-refractivity contribution in [1.29, 1.82) is 0 Å². The number of hydrogen-bond acceptors (Lipinski definition) is 3. The fourth-order valence-electron chi connectivity index (χ4n) is 3.70. The Hall–Kier alpha value is -2.59. The van der Waals surface area contributed by atoms with Gasteiger partial charge in [0.2, 0.25) is 0 Å². The zero-order chi connectivity index (χ0) is 17.4. The van der Waals surface area contributed by atoms with Crippen LogP contribution in [-0.4, -0.2) is 24.4 Å². The van der Waals surface area contributed by atoms with Crippen LogP contribution in [0.15, 0.2) is 42.5 Å². The van der Waals surface area contributed by atoms with Gasteiger partial charge in [0.05, 0.1) is 13.2 Å². The number of ether oxygens (including phenoxy) is 1. The zero-order valence-corrected chi connectivity index (χ0v) is 14.6. The lowest BCUT2D eigenvalue weighted by atomic mass is 9.94. The average molecular weight is 334 g/mol. The number of rotatable bonds is 4. The van der Waals surface area contributed by atoms with Crippen LogP contribution in [0.25, 0.3) is 10.9 Å². The molecule has 1 aliphatic rings. The SMILES string of the molecule is COc1ccc(CC2NCCc3c2[nH]c2ccc(C(C)=O)cc32)cc1. The Morgan fingerprint density at radius 1 is 1.20 bits per heavy atom. The first kappa shape index (κ1) is 15.9. The first-order valence-electron chi connectivity index (χ1n) is 8.67. The van der Waals surface area contributed by atoms with E-state index in [-0.39, 0.29) is 11.8 Å². The Morgan fingerprint density at radius 2 is 2.00 bits per heavy atom. The molecule has 0 fully saturated rings. The summed E-state index contributed by atoms with van der Waals surface area (Å²) in [5.41, 5.74) is 5.75. The number of carbonyl (C=O) groups excluding carboxylic acids is 1. The number of aromatic nitrogens is 1. The lowest BCUT2D eigenvalue weighted by Crippen LogP contribution is -2.31. The molecule has 1 aromatic heterocycles. The minimum absolute atomic E-state index is 0.112. The fourth-order valence-corrected chi connectivity index (χ4v) is 3.70. The third-order valence-electron chi connectivity index (χ3n) is 5.06. The molecule has 0 bridgehead atoms. The van der Waals surface area contributed by atoms with Crippen LogP contribution in [0.3, 0.4) is 0 Å². The van der Waals surface area contributed by atoms with Gasteiger partial charge in [-0.15, -0.1) is 0 Å². The van der Waals surface area contributed by atoms with Gasteiger partial charge in [0, 0.05) is 22.2 Å². The summed E-state index contributed by atoms with van der Waals surface area (Å²) < 4.78 is 5.24. The van der Waals surface area contributed by atoms with Crippen molar-refractivity contribution in [3.05, 3.63) is 64.8 Å². The molecule has 1 aliphatic heterocycles. The van der Waals surface area contributed by atoms with Crippen molar-refractivity contribution in [2.75, 3.05) is 13.7 Å². The molecule has 0 spiro atoms. The molecule has 0 saturated heterocycles. The third-order valence-corrected chi connectivity index (χ3v) is 5.06. The Kier molecular flexibility index (Phi) is 4.06. The number of Topliss-reactive ketones (excluding diaryl/α,β-unsaturated/α-hetero) is 1. The van der Waals surface area contributed by atoms with Gasteiger partial charge in [-0.1, -0.05) is 12.1 Å². The van der Waals surface area contributed by atoms with E-state index in [0.29, 0.717) is 0 Å². The molecule has 0 saturated carbocycles. The maximum atomic E-state index is 11.7. The summed E-state index contributed by atoms with van der Waals surface area (Å²) in [4.78, 5) is 15.3. The minimum Gasteiger partial charge on any atom is -0.497 e. The van der Waals surface area contributed by atoms with Crippen LogP contribution < -0.4 is 10.1 Å². The van der Waals surface area contributed by atoms with Crippen LogP contribution in [-0.2, 0) is 12.8 Å². The molecular formula is C21H22N2O2. The van der Waals surface area contributed by atoms with E-state index in [1.807, 2.05) is 30.3 Å². The lowest BCUT2D eigenvalue weighted by molar-refractivity contribution is 0.101. The largest absolute Gasteiger partial charge is 0.497 e. The monoisotopic (exact) mass is 334 g/mol. The summed E-state index contributed by atoms with van der Waals surface area (Å²) in [5.74, 6) is 0.990. The standard InChI is InChI=1S/C21H22N2O2/c1-13(24)15-5-8-19-18(12-15)17-9-10-22-20(21(17)23-19)11-14-3-6-16(25-2)7-4-14/h3-8,12,20,22-23H,9-11H2,1-2H3. The molecule has 4 nitrogen and oxygen atoms in total. The molecule has 1 unspecified atom stereocenters. The number of fused-ring (bicyclic) bond motifs is 3. The predicted molar refractivity (Wildman–Crippen MR) is 99.4 cm³/mol. The molecule has 3 aromatic rings. The number of methoxy groups -OCH3 is 1. The van der Waals surface area contributed by atoms with Gasteiger partial charge in [-0.05, 0) is 67.8 Å². The van der Waals surface area contributed by atoms with E-state index in [1.165, 1.54) is 22.2 Å². The van der Waals surface area contributed by atoms with E-state index in [2.05, 4.69) is 22.4 Å². The molecule has 2 N–H and O–H groups in total. The minimum atomic E-state index is 0.112. The summed E-state index contributed by atoms with van der Waals surface area (Å²) in [6.45, 7) is 2.57. The molecule has 4 rings (SSSR count). The molecule has 0 amide bonds. The summed E-state index contributed by atoms with van der Waals surface area (Å²) in [6, 6.07) is 14.4. The number of nitrogens with one attached hydrogen (secondary N) is 2. The topological polar surface area (TPSA) is 54.1 Å². The highest BCUT2D eigenvalue weighted by molar-refractivity contribution is 5.99. The van der Waals surface area contributed by atoms with Gasteiger partial charge in [-0.3, -0.25) is 4.79 Å². The van der Waals surface area contributed by atoms with Crippen LogP contribution in [0.2, 0.25) is 0 Å². The van der Waals surface area contributed by atoms with Gasteiger partial charge in [-0.2, -0.15) is 0 Å². The molecule has 0 aliphatic carbocycles. The highest BCUT2D eigenvalue weighted by Gasteiger charge is 2.24. The van der Waals surface area contributed by atoms with Crippen LogP contribution >= 0.6 is 0 Å². The Labute approximate surface area is 147 Å². The van der Waals surface area contributed by atoms with E-state index in [0.717, 1.165) is 36.2 Å². The molecule has 128 valence electrons. The second kappa shape index (κ2) is 6.37. The lowest BCUT2D eigenvalue weighted by Gasteiger charge is -2.24. The zero-order valence-electron chi connectivity index (χ0n) is 14.6. The van der Waals surface area contributed by atoms with Crippen molar-refractivity contribution in [2.24, 2.45) is 0 Å². The van der Waals surface area contributed by atoms with E-state index in [4.69, 9.17) is 4.74 Å². The summed E-state index contributed by atoms with van der Waals surface area (Å²) in [7, 11) is 1.68. The molecule has 2 aromatic carbocycles. The Morgan fingerprint density at radius 3 is 2.72 bits per heavy atom. The molecule has 2 heterocycles. The summed E-state index contributed by atoms with van der Waals surface area (Å²) in [6.07, 6.45) is 1.90. The van der Waals surface area contributed by atoms with Crippen molar-refractivity contribution in [1.82, 2.24) is 10.3 Å². The van der Waals surface area contributed by atoms with Crippen LogP contribution in [0.1, 0.15) is 40.1 Å². The van der Waals surface area contributed by atoms with Gasteiger partial charge < -0.3 is 15.0 Å². The van der Waals surface area contributed by atoms with Crippen molar-refractivity contribution in [2.45, 2.75) is 25.8 Å². The average Bonchev–Trinajstić information content (AvgIpc) is 3.01. The quantitative estimate of drug-likeness (QED) is 0.714. The van der Waals surface area contributed by atoms with Gasteiger partial charge in [0.1, 0.15) is 5.75 Å². The van der Waals surface area contributed by atoms with Gasteiger partial charge in [0.25, 0.3) is 0 Å². The van der Waals surface area contributed by atoms with Gasteiger partial charge in [-0.25, -0.2) is 0 Å². The number of aromatic amines is 1. The van der Waals surface area contributed by atoms with Crippen molar-refractivity contribution in [3.8, 4) is 5.75 Å². The maximum absolute atomic E-state index is 11.7. The molecular weight excluding hydrogens is 312 g/mol. The number of benzene rings is 2. The molecule has 4 heteroatoms. The van der Waals surface area contributed by atoms with E-state index >= 15 is 0 Å². The molecule has 0 radical (unpaired) electrons. The molecule has 25 heavy (non-hydrogen) atoms. The van der Waals surface area contributed by atoms with Crippen molar-refractivity contribution in [3.63, 3.8) is 0 Å². The Bertz CT molecular complexity index is 925. The summed E-state index contributed by atoms with van der Waals surface area (Å²) in [5, 5.41) is 4.81. The van der Waals surface area contributed by atoms with Crippen molar-refractivity contribution >= 4 is 16.7 Å². The molecule has 1 atom stereocenters. The van der Waals surface area contributed by atoms with Crippen LogP contribution in [0.5, 0.6) is 5.75 Å². The number of carbonyl (C=O) groups is 1. The maximum Gasteiger partial charge on any atom is 0.159 e.